The summed E-state index contributed by atoms with van der Waals surface area (Å²) in [6, 6.07) is 24.3. The number of hydrogen-bond acceptors (Lipinski definition) is 3. The Balaban J connectivity index is 1.44. The van der Waals surface area contributed by atoms with Gasteiger partial charge in [-0.05, 0) is 55.2 Å². The van der Waals surface area contributed by atoms with E-state index in [0.717, 1.165) is 24.1 Å². The predicted octanol–water partition coefficient (Wildman–Crippen LogP) is 4.38. The first-order valence-electron chi connectivity index (χ1n) is 11.1. The van der Waals surface area contributed by atoms with Crippen LogP contribution >= 0.6 is 0 Å². The van der Waals surface area contributed by atoms with Crippen molar-refractivity contribution >= 4 is 23.4 Å². The molecule has 0 spiro atoms. The van der Waals surface area contributed by atoms with Crippen molar-refractivity contribution in [3.63, 3.8) is 0 Å². The molecule has 6 heteroatoms. The van der Waals surface area contributed by atoms with E-state index in [1.807, 2.05) is 67.6 Å². The van der Waals surface area contributed by atoms with Crippen LogP contribution in [0.4, 0.5) is 5.69 Å². The number of carbonyl (C=O) groups excluding carboxylic acids is 3. The molecule has 0 aliphatic heterocycles. The predicted molar refractivity (Wildman–Crippen MR) is 127 cm³/mol. The van der Waals surface area contributed by atoms with Crippen LogP contribution in [0.25, 0.3) is 0 Å². The summed E-state index contributed by atoms with van der Waals surface area (Å²) in [6.07, 6.45) is 1.91. The number of nitrogens with one attached hydrogen (secondary N) is 3. The molecule has 3 aromatic carbocycles. The molecule has 1 aliphatic rings. The molecule has 2 unspecified atom stereocenters. The highest BCUT2D eigenvalue weighted by atomic mass is 16.2. The summed E-state index contributed by atoms with van der Waals surface area (Å²) in [6.45, 7) is 1.89. The van der Waals surface area contributed by atoms with Crippen LogP contribution in [0.15, 0.2) is 84.9 Å². The molecule has 1 saturated carbocycles. The molecular weight excluding hydrogens is 414 g/mol. The molecule has 0 radical (unpaired) electrons. The normalized spacial score (nSPS) is 14.6. The van der Waals surface area contributed by atoms with Crippen LogP contribution in [0.3, 0.4) is 0 Å². The van der Waals surface area contributed by atoms with Gasteiger partial charge in [0.05, 0.1) is 6.04 Å². The highest BCUT2D eigenvalue weighted by Crippen LogP contribution is 2.30. The Morgan fingerprint density at radius 1 is 0.758 bits per heavy atom. The van der Waals surface area contributed by atoms with Crippen molar-refractivity contribution in [2.75, 3.05) is 5.32 Å². The van der Waals surface area contributed by atoms with E-state index in [1.54, 1.807) is 24.3 Å². The Hall–Kier alpha value is -3.93. The Kier molecular flexibility index (Phi) is 6.83. The van der Waals surface area contributed by atoms with E-state index in [2.05, 4.69) is 16.0 Å². The molecule has 4 rings (SSSR count). The molecule has 168 valence electrons. The van der Waals surface area contributed by atoms with E-state index in [0.29, 0.717) is 11.1 Å². The second kappa shape index (κ2) is 10.1. The SMILES string of the molecule is CC(NC(=O)C(NC(=O)c1ccccc1)c1ccccc1)c1ccc(NC(=O)C2CC2)cc1. The lowest BCUT2D eigenvalue weighted by molar-refractivity contribution is -0.123. The molecule has 3 N–H and O–H groups in total. The van der Waals surface area contributed by atoms with Gasteiger partial charge in [-0.15, -0.1) is 0 Å². The molecule has 33 heavy (non-hydrogen) atoms. The fraction of sp³-hybridized carbons (Fsp3) is 0.222. The molecule has 1 fully saturated rings. The first-order chi connectivity index (χ1) is 16.0. The Labute approximate surface area is 193 Å². The highest BCUT2D eigenvalue weighted by molar-refractivity contribution is 5.98. The van der Waals surface area contributed by atoms with E-state index in [1.165, 1.54) is 0 Å². The monoisotopic (exact) mass is 441 g/mol. The van der Waals surface area contributed by atoms with Crippen LogP contribution in [-0.4, -0.2) is 17.7 Å². The van der Waals surface area contributed by atoms with Gasteiger partial charge < -0.3 is 16.0 Å². The zero-order valence-corrected chi connectivity index (χ0v) is 18.5. The zero-order valence-electron chi connectivity index (χ0n) is 18.5. The second-order valence-corrected chi connectivity index (χ2v) is 8.30. The van der Waals surface area contributed by atoms with Gasteiger partial charge in [-0.2, -0.15) is 0 Å². The third kappa shape index (κ3) is 5.86. The standard InChI is InChI=1S/C27H27N3O3/c1-18(19-14-16-23(17-15-19)29-25(31)22-12-13-22)28-27(33)24(20-8-4-2-5-9-20)30-26(32)21-10-6-3-7-11-21/h2-11,14-18,22,24H,12-13H2,1H3,(H,28,33)(H,29,31)(H,30,32). The van der Waals surface area contributed by atoms with Crippen LogP contribution in [0, 0.1) is 5.92 Å². The van der Waals surface area contributed by atoms with Gasteiger partial charge in [0.2, 0.25) is 11.8 Å². The number of amides is 3. The van der Waals surface area contributed by atoms with Crippen molar-refractivity contribution < 1.29 is 14.4 Å². The Morgan fingerprint density at radius 2 is 1.36 bits per heavy atom. The van der Waals surface area contributed by atoms with Gasteiger partial charge in [-0.25, -0.2) is 0 Å². The number of benzene rings is 3. The lowest BCUT2D eigenvalue weighted by Gasteiger charge is -2.22. The fourth-order valence-corrected chi connectivity index (χ4v) is 3.57. The maximum atomic E-state index is 13.2. The minimum absolute atomic E-state index is 0.0592. The first-order valence-corrected chi connectivity index (χ1v) is 11.1. The van der Waals surface area contributed by atoms with Gasteiger partial charge >= 0.3 is 0 Å². The highest BCUT2D eigenvalue weighted by Gasteiger charge is 2.29. The van der Waals surface area contributed by atoms with Crippen LogP contribution in [0.1, 0.15) is 53.3 Å². The van der Waals surface area contributed by atoms with E-state index in [-0.39, 0.29) is 29.7 Å². The quantitative estimate of drug-likeness (QED) is 0.485. The summed E-state index contributed by atoms with van der Waals surface area (Å²) in [5.41, 5.74) is 2.83. The number of carbonyl (C=O) groups is 3. The summed E-state index contributed by atoms with van der Waals surface area (Å²) in [5.74, 6) is -0.417. The minimum Gasteiger partial charge on any atom is -0.347 e. The summed E-state index contributed by atoms with van der Waals surface area (Å²) in [5, 5.41) is 8.77. The van der Waals surface area contributed by atoms with E-state index in [4.69, 9.17) is 0 Å². The molecule has 6 nitrogen and oxygen atoms in total. The summed E-state index contributed by atoms with van der Waals surface area (Å²) in [4.78, 5) is 37.9. The average molecular weight is 442 g/mol. The van der Waals surface area contributed by atoms with Gasteiger partial charge in [0.25, 0.3) is 5.91 Å². The van der Waals surface area contributed by atoms with Crippen LogP contribution in [-0.2, 0) is 9.59 Å². The minimum atomic E-state index is -0.835. The summed E-state index contributed by atoms with van der Waals surface area (Å²) < 4.78 is 0. The lowest BCUT2D eigenvalue weighted by atomic mass is 10.0. The van der Waals surface area contributed by atoms with Crippen LogP contribution < -0.4 is 16.0 Å². The van der Waals surface area contributed by atoms with Crippen molar-refractivity contribution in [2.45, 2.75) is 31.8 Å². The average Bonchev–Trinajstić information content (AvgIpc) is 3.69. The molecule has 0 bridgehead atoms. The molecule has 3 aromatic rings. The number of hydrogen-bond donors (Lipinski definition) is 3. The molecular formula is C27H27N3O3. The Bertz CT molecular complexity index is 1110. The number of anilines is 1. The molecule has 1 aliphatic carbocycles. The van der Waals surface area contributed by atoms with Crippen molar-refractivity contribution in [3.05, 3.63) is 102 Å². The van der Waals surface area contributed by atoms with E-state index in [9.17, 15) is 14.4 Å². The van der Waals surface area contributed by atoms with Gasteiger partial charge in [0.1, 0.15) is 6.04 Å². The largest absolute Gasteiger partial charge is 0.347 e. The van der Waals surface area contributed by atoms with Crippen LogP contribution in [0.2, 0.25) is 0 Å². The van der Waals surface area contributed by atoms with E-state index < -0.39 is 6.04 Å². The molecule has 3 amide bonds. The van der Waals surface area contributed by atoms with Gasteiger partial charge in [-0.3, -0.25) is 14.4 Å². The van der Waals surface area contributed by atoms with Gasteiger partial charge in [0.15, 0.2) is 0 Å². The molecule has 0 heterocycles. The van der Waals surface area contributed by atoms with Crippen LogP contribution in [0.5, 0.6) is 0 Å². The smallest absolute Gasteiger partial charge is 0.252 e. The molecule has 2 atom stereocenters. The summed E-state index contributed by atoms with van der Waals surface area (Å²) >= 11 is 0. The van der Waals surface area contributed by atoms with Crippen molar-refractivity contribution in [3.8, 4) is 0 Å². The Morgan fingerprint density at radius 3 is 1.97 bits per heavy atom. The van der Waals surface area contributed by atoms with Gasteiger partial charge in [-0.1, -0.05) is 60.7 Å². The first kappa shape index (κ1) is 22.3. The summed E-state index contributed by atoms with van der Waals surface area (Å²) in [7, 11) is 0. The maximum absolute atomic E-state index is 13.2. The fourth-order valence-electron chi connectivity index (χ4n) is 3.57. The number of rotatable bonds is 8. The second-order valence-electron chi connectivity index (χ2n) is 8.30. The molecule has 0 aromatic heterocycles. The van der Waals surface area contributed by atoms with E-state index >= 15 is 0 Å². The topological polar surface area (TPSA) is 87.3 Å². The third-order valence-corrected chi connectivity index (χ3v) is 5.69. The lowest BCUT2D eigenvalue weighted by Crippen LogP contribution is -2.41. The van der Waals surface area contributed by atoms with Gasteiger partial charge in [0, 0.05) is 17.2 Å². The molecule has 0 saturated heterocycles. The van der Waals surface area contributed by atoms with Crippen molar-refractivity contribution in [1.29, 1.82) is 0 Å². The third-order valence-electron chi connectivity index (χ3n) is 5.69. The van der Waals surface area contributed by atoms with Crippen molar-refractivity contribution in [2.24, 2.45) is 5.92 Å². The maximum Gasteiger partial charge on any atom is 0.252 e. The van der Waals surface area contributed by atoms with Crippen molar-refractivity contribution in [1.82, 2.24) is 10.6 Å². The zero-order chi connectivity index (χ0) is 23.2.